The molecule has 0 saturated heterocycles. The first kappa shape index (κ1) is 9.85. The van der Waals surface area contributed by atoms with Crippen LogP contribution in [0.1, 0.15) is 19.7 Å². The van der Waals surface area contributed by atoms with E-state index >= 15 is 0 Å². The van der Waals surface area contributed by atoms with Gasteiger partial charge in [-0.15, -0.1) is 10.2 Å². The third-order valence-corrected chi connectivity index (χ3v) is 2.22. The largest absolute Gasteiger partial charge is 0.319 e. The molecule has 0 atom stereocenters. The Labute approximate surface area is 86.3 Å². The molecule has 15 heavy (non-hydrogen) atoms. The fourth-order valence-corrected chi connectivity index (χ4v) is 1.41. The molecule has 80 valence electrons. The second-order valence-corrected chi connectivity index (χ2v) is 4.15. The Morgan fingerprint density at radius 1 is 1.33 bits per heavy atom. The van der Waals surface area contributed by atoms with Crippen molar-refractivity contribution in [2.75, 3.05) is 0 Å². The number of hydrogen-bond acceptors (Lipinski definition) is 4. The molecule has 6 heteroatoms. The maximum atomic E-state index is 11.7. The van der Waals surface area contributed by atoms with E-state index in [1.807, 2.05) is 13.8 Å². The molecule has 0 aromatic carbocycles. The monoisotopic (exact) mass is 207 g/mol. The summed E-state index contributed by atoms with van der Waals surface area (Å²) in [5.41, 5.74) is 5.42. The maximum absolute atomic E-state index is 11.7. The molecular formula is C9H13N5O. The van der Waals surface area contributed by atoms with Gasteiger partial charge in [-0.2, -0.15) is 0 Å². The zero-order valence-electron chi connectivity index (χ0n) is 8.93. The summed E-state index contributed by atoms with van der Waals surface area (Å²) in [5, 5.41) is 7.79. The predicted octanol–water partition coefficient (Wildman–Crippen LogP) is -0.378. The van der Waals surface area contributed by atoms with Crippen LogP contribution >= 0.6 is 0 Å². The number of rotatable bonds is 1. The topological polar surface area (TPSA) is 78.2 Å². The number of nitrogens with zero attached hydrogens (tertiary/aromatic N) is 4. The third-order valence-electron chi connectivity index (χ3n) is 2.22. The van der Waals surface area contributed by atoms with Gasteiger partial charge >= 0.3 is 0 Å². The van der Waals surface area contributed by atoms with Crippen molar-refractivity contribution in [2.45, 2.75) is 19.4 Å². The number of aryl methyl sites for hydroxylation is 1. The summed E-state index contributed by atoms with van der Waals surface area (Å²) >= 11 is 0. The van der Waals surface area contributed by atoms with Crippen molar-refractivity contribution < 1.29 is 0 Å². The van der Waals surface area contributed by atoms with Crippen LogP contribution in [0.15, 0.2) is 17.2 Å². The molecule has 2 heterocycles. The van der Waals surface area contributed by atoms with E-state index in [1.165, 1.54) is 4.57 Å². The molecule has 0 aliphatic rings. The van der Waals surface area contributed by atoms with Crippen molar-refractivity contribution in [3.05, 3.63) is 28.6 Å². The standard InChI is InChI=1S/C9H13N5O/c1-9(2,10)8-12-11-6-7(15)13(3)4-5-14(6)8/h4-5H,10H2,1-3H3. The lowest BCUT2D eigenvalue weighted by Crippen LogP contribution is -2.32. The molecule has 0 radical (unpaired) electrons. The summed E-state index contributed by atoms with van der Waals surface area (Å²) in [5.74, 6) is 0.579. The SMILES string of the molecule is Cn1ccn2c(C(C)(C)N)nnc2c1=O. The lowest BCUT2D eigenvalue weighted by Gasteiger charge is -2.15. The molecule has 2 aromatic heterocycles. The van der Waals surface area contributed by atoms with E-state index in [9.17, 15) is 4.79 Å². The van der Waals surface area contributed by atoms with E-state index in [4.69, 9.17) is 5.73 Å². The van der Waals surface area contributed by atoms with Gasteiger partial charge in [-0.3, -0.25) is 9.20 Å². The molecule has 2 aromatic rings. The smallest absolute Gasteiger partial charge is 0.295 e. The number of aromatic nitrogens is 4. The first-order valence-corrected chi connectivity index (χ1v) is 4.61. The minimum absolute atomic E-state index is 0.180. The van der Waals surface area contributed by atoms with Crippen LogP contribution < -0.4 is 11.3 Å². The highest BCUT2D eigenvalue weighted by atomic mass is 16.1. The normalized spacial score (nSPS) is 12.3. The van der Waals surface area contributed by atoms with E-state index in [1.54, 1.807) is 23.8 Å². The van der Waals surface area contributed by atoms with Crippen LogP contribution in [0.4, 0.5) is 0 Å². The van der Waals surface area contributed by atoms with Gasteiger partial charge in [0.1, 0.15) is 0 Å². The van der Waals surface area contributed by atoms with Crippen molar-refractivity contribution in [1.29, 1.82) is 0 Å². The second-order valence-electron chi connectivity index (χ2n) is 4.15. The van der Waals surface area contributed by atoms with E-state index in [0.29, 0.717) is 11.5 Å². The van der Waals surface area contributed by atoms with Crippen LogP contribution in [0, 0.1) is 0 Å². The van der Waals surface area contributed by atoms with Crippen molar-refractivity contribution >= 4 is 5.65 Å². The van der Waals surface area contributed by atoms with Crippen molar-refractivity contribution in [3.8, 4) is 0 Å². The van der Waals surface area contributed by atoms with Gasteiger partial charge < -0.3 is 10.3 Å². The van der Waals surface area contributed by atoms with E-state index in [-0.39, 0.29) is 5.56 Å². The average Bonchev–Trinajstić information content (AvgIpc) is 2.54. The molecule has 0 aliphatic heterocycles. The van der Waals surface area contributed by atoms with Crippen molar-refractivity contribution in [1.82, 2.24) is 19.2 Å². The van der Waals surface area contributed by atoms with Crippen LogP contribution in [-0.4, -0.2) is 19.2 Å². The summed E-state index contributed by atoms with van der Waals surface area (Å²) in [6, 6.07) is 0. The lowest BCUT2D eigenvalue weighted by atomic mass is 10.1. The summed E-state index contributed by atoms with van der Waals surface area (Å²) in [4.78, 5) is 11.7. The third kappa shape index (κ3) is 1.42. The molecule has 0 unspecified atom stereocenters. The fourth-order valence-electron chi connectivity index (χ4n) is 1.41. The highest BCUT2D eigenvalue weighted by molar-refractivity contribution is 5.35. The van der Waals surface area contributed by atoms with Gasteiger partial charge in [0, 0.05) is 19.4 Å². The summed E-state index contributed by atoms with van der Waals surface area (Å²) < 4.78 is 3.08. The molecule has 6 nitrogen and oxygen atoms in total. The first-order chi connectivity index (χ1) is 6.91. The Morgan fingerprint density at radius 3 is 2.60 bits per heavy atom. The van der Waals surface area contributed by atoms with Crippen LogP contribution in [0.3, 0.4) is 0 Å². The van der Waals surface area contributed by atoms with Crippen molar-refractivity contribution in [3.63, 3.8) is 0 Å². The molecule has 0 aliphatic carbocycles. The first-order valence-electron chi connectivity index (χ1n) is 4.61. The summed E-state index contributed by atoms with van der Waals surface area (Å²) in [6.07, 6.45) is 3.40. The van der Waals surface area contributed by atoms with Gasteiger partial charge in [-0.1, -0.05) is 0 Å². The molecule has 2 rings (SSSR count). The van der Waals surface area contributed by atoms with Crippen LogP contribution in [0.25, 0.3) is 5.65 Å². The molecule has 2 N–H and O–H groups in total. The molecule has 0 bridgehead atoms. The Bertz CT molecular complexity index is 560. The van der Waals surface area contributed by atoms with E-state index in [2.05, 4.69) is 10.2 Å². The minimum atomic E-state index is -0.619. The van der Waals surface area contributed by atoms with Gasteiger partial charge in [-0.25, -0.2) is 0 Å². The number of fused-ring (bicyclic) bond motifs is 1. The van der Waals surface area contributed by atoms with Crippen LogP contribution in [-0.2, 0) is 12.6 Å². The zero-order valence-corrected chi connectivity index (χ0v) is 8.93. The van der Waals surface area contributed by atoms with Crippen LogP contribution in [0.5, 0.6) is 0 Å². The Morgan fingerprint density at radius 2 is 2.00 bits per heavy atom. The average molecular weight is 207 g/mol. The van der Waals surface area contributed by atoms with Crippen molar-refractivity contribution in [2.24, 2.45) is 12.8 Å². The molecule has 0 fully saturated rings. The number of hydrogen-bond donors (Lipinski definition) is 1. The number of nitrogens with two attached hydrogens (primary N) is 1. The lowest BCUT2D eigenvalue weighted by molar-refractivity contribution is 0.507. The summed E-state index contributed by atoms with van der Waals surface area (Å²) in [6.45, 7) is 3.64. The molecule has 0 amide bonds. The molecular weight excluding hydrogens is 194 g/mol. The highest BCUT2D eigenvalue weighted by Crippen LogP contribution is 2.13. The van der Waals surface area contributed by atoms with Crippen LogP contribution in [0.2, 0.25) is 0 Å². The highest BCUT2D eigenvalue weighted by Gasteiger charge is 2.22. The van der Waals surface area contributed by atoms with Gasteiger partial charge in [0.25, 0.3) is 5.56 Å². The molecule has 0 spiro atoms. The fraction of sp³-hybridized carbons (Fsp3) is 0.444. The quantitative estimate of drug-likeness (QED) is 0.691. The van der Waals surface area contributed by atoms with Gasteiger partial charge in [0.15, 0.2) is 5.82 Å². The Hall–Kier alpha value is -1.69. The Kier molecular flexibility index (Phi) is 1.90. The van der Waals surface area contributed by atoms with Gasteiger partial charge in [0.05, 0.1) is 5.54 Å². The Balaban J connectivity index is 2.84. The zero-order chi connectivity index (χ0) is 11.2. The predicted molar refractivity (Wildman–Crippen MR) is 55.4 cm³/mol. The van der Waals surface area contributed by atoms with Gasteiger partial charge in [0.2, 0.25) is 5.65 Å². The van der Waals surface area contributed by atoms with E-state index in [0.717, 1.165) is 0 Å². The van der Waals surface area contributed by atoms with Gasteiger partial charge in [-0.05, 0) is 13.8 Å². The minimum Gasteiger partial charge on any atom is -0.319 e. The second kappa shape index (κ2) is 2.90. The summed E-state index contributed by atoms with van der Waals surface area (Å²) in [7, 11) is 1.67. The van der Waals surface area contributed by atoms with E-state index < -0.39 is 5.54 Å². The molecule has 0 saturated carbocycles. The maximum Gasteiger partial charge on any atom is 0.295 e.